The number of fused-ring (bicyclic) bond motifs is 1. The lowest BCUT2D eigenvalue weighted by molar-refractivity contribution is -0.144. The molecule has 3 amide bonds. The lowest BCUT2D eigenvalue weighted by atomic mass is 9.70. The van der Waals surface area contributed by atoms with Crippen molar-refractivity contribution in [3.05, 3.63) is 54.6 Å². The summed E-state index contributed by atoms with van der Waals surface area (Å²) in [5.41, 5.74) is 1.66. The van der Waals surface area contributed by atoms with Crippen LogP contribution >= 0.6 is 0 Å². The van der Waals surface area contributed by atoms with Crippen molar-refractivity contribution in [3.8, 4) is 0 Å². The monoisotopic (exact) mass is 509 g/mol. The Labute approximate surface area is 219 Å². The summed E-state index contributed by atoms with van der Waals surface area (Å²) in [5, 5.41) is 9.37. The predicted molar refractivity (Wildman–Crippen MR) is 142 cm³/mol. The maximum Gasteiger partial charge on any atom is 0.253 e. The maximum absolute atomic E-state index is 14.5. The first-order valence-electron chi connectivity index (χ1n) is 13.2. The number of carbonyl (C=O) groups is 3. The van der Waals surface area contributed by atoms with Crippen molar-refractivity contribution in [3.63, 3.8) is 0 Å². The van der Waals surface area contributed by atoms with E-state index in [1.807, 2.05) is 32.0 Å². The maximum atomic E-state index is 14.5. The zero-order chi connectivity index (χ0) is 26.9. The van der Waals surface area contributed by atoms with Crippen molar-refractivity contribution >= 4 is 23.4 Å². The number of aliphatic hydroxyl groups excluding tert-OH is 1. The predicted octanol–water partition coefficient (Wildman–Crippen LogP) is 2.61. The molecule has 8 heteroatoms. The molecule has 3 aliphatic heterocycles. The van der Waals surface area contributed by atoms with Crippen LogP contribution in [0.1, 0.15) is 36.8 Å². The van der Waals surface area contributed by atoms with Crippen molar-refractivity contribution in [2.75, 3.05) is 38.2 Å². The number of amides is 3. The molecule has 2 unspecified atom stereocenters. The molecule has 0 radical (unpaired) electrons. The van der Waals surface area contributed by atoms with Crippen molar-refractivity contribution in [1.82, 2.24) is 9.80 Å². The first-order chi connectivity index (χ1) is 17.7. The third-order valence-electron chi connectivity index (χ3n) is 8.19. The molecule has 0 saturated carbocycles. The highest BCUT2D eigenvalue weighted by atomic mass is 16.5. The van der Waals surface area contributed by atoms with Crippen molar-refractivity contribution in [2.24, 2.45) is 11.8 Å². The Balaban J connectivity index is 1.78. The molecular formula is C29H39N3O5. The van der Waals surface area contributed by atoms with Gasteiger partial charge in [0.15, 0.2) is 0 Å². The molecule has 1 spiro atoms. The molecule has 4 rings (SSSR count). The molecule has 200 valence electrons. The standard InChI is InChI=1S/C29H39N3O5/c1-6-15-30(5)26(34)22-21-13-14-29(37-21)23(22)27(35)32(17-8-9-18-33)25(29)28(36)31(16-7-2)24-19(3)11-10-12-20(24)4/h6-7,10-12,21-23,25,33H,1-2,8-9,13-18H2,3-5H3/t21-,22+,23+,25?,29?/m1/s1. The van der Waals surface area contributed by atoms with Gasteiger partial charge in [-0.2, -0.15) is 0 Å². The molecule has 3 heterocycles. The van der Waals surface area contributed by atoms with E-state index in [0.29, 0.717) is 38.8 Å². The topological polar surface area (TPSA) is 90.4 Å². The van der Waals surface area contributed by atoms with Crippen LogP contribution in [0.15, 0.2) is 43.5 Å². The van der Waals surface area contributed by atoms with E-state index in [4.69, 9.17) is 4.74 Å². The number of para-hydroxylation sites is 1. The minimum atomic E-state index is -1.05. The minimum absolute atomic E-state index is 0.00619. The molecule has 3 fully saturated rings. The fraction of sp³-hybridized carbons (Fsp3) is 0.552. The molecule has 37 heavy (non-hydrogen) atoms. The summed E-state index contributed by atoms with van der Waals surface area (Å²) in [6, 6.07) is 5.04. The quantitative estimate of drug-likeness (QED) is 0.366. The van der Waals surface area contributed by atoms with E-state index >= 15 is 0 Å². The summed E-state index contributed by atoms with van der Waals surface area (Å²) in [7, 11) is 1.70. The molecule has 0 aromatic heterocycles. The number of anilines is 1. The zero-order valence-electron chi connectivity index (χ0n) is 22.2. The van der Waals surface area contributed by atoms with Gasteiger partial charge < -0.3 is 24.5 Å². The van der Waals surface area contributed by atoms with Gasteiger partial charge in [0.05, 0.1) is 17.9 Å². The van der Waals surface area contributed by atoms with Crippen LogP contribution in [0.4, 0.5) is 5.69 Å². The number of hydrogen-bond donors (Lipinski definition) is 1. The minimum Gasteiger partial charge on any atom is -0.396 e. The highest BCUT2D eigenvalue weighted by Crippen LogP contribution is 2.59. The Morgan fingerprint density at radius 2 is 1.84 bits per heavy atom. The number of likely N-dealkylation sites (tertiary alicyclic amines) is 1. The second kappa shape index (κ2) is 10.8. The number of hydrogen-bond acceptors (Lipinski definition) is 5. The molecule has 2 bridgehead atoms. The highest BCUT2D eigenvalue weighted by Gasteiger charge is 2.74. The number of unbranched alkanes of at least 4 members (excludes halogenated alkanes) is 1. The van der Waals surface area contributed by atoms with Gasteiger partial charge in [0.25, 0.3) is 5.91 Å². The lowest BCUT2D eigenvalue weighted by Crippen LogP contribution is -2.57. The van der Waals surface area contributed by atoms with E-state index < -0.39 is 29.6 Å². The highest BCUT2D eigenvalue weighted by molar-refractivity contribution is 6.05. The van der Waals surface area contributed by atoms with E-state index in [2.05, 4.69) is 13.2 Å². The molecule has 3 aliphatic rings. The van der Waals surface area contributed by atoms with Crippen LogP contribution in [0.25, 0.3) is 0 Å². The zero-order valence-corrected chi connectivity index (χ0v) is 22.2. The number of rotatable bonds is 11. The molecule has 3 saturated heterocycles. The van der Waals surface area contributed by atoms with Gasteiger partial charge in [0.1, 0.15) is 11.6 Å². The van der Waals surface area contributed by atoms with E-state index in [0.717, 1.165) is 16.8 Å². The third-order valence-corrected chi connectivity index (χ3v) is 8.19. The molecule has 1 aromatic rings. The lowest BCUT2D eigenvalue weighted by Gasteiger charge is -2.37. The van der Waals surface area contributed by atoms with E-state index in [9.17, 15) is 19.5 Å². The Bertz CT molecular complexity index is 1070. The van der Waals surface area contributed by atoms with E-state index in [1.54, 1.807) is 33.9 Å². The Morgan fingerprint density at radius 1 is 1.16 bits per heavy atom. The molecule has 5 atom stereocenters. The normalized spacial score (nSPS) is 27.8. The Hall–Kier alpha value is -2.97. The molecule has 0 aliphatic carbocycles. The number of carbonyl (C=O) groups excluding carboxylic acids is 3. The van der Waals surface area contributed by atoms with Gasteiger partial charge >= 0.3 is 0 Å². The molecule has 1 N–H and O–H groups in total. The molecule has 8 nitrogen and oxygen atoms in total. The summed E-state index contributed by atoms with van der Waals surface area (Å²) in [6.45, 7) is 12.5. The number of nitrogens with zero attached hydrogens (tertiary/aromatic N) is 3. The van der Waals surface area contributed by atoms with Crippen LogP contribution in [0.5, 0.6) is 0 Å². The van der Waals surface area contributed by atoms with Gasteiger partial charge in [-0.3, -0.25) is 14.4 Å². The summed E-state index contributed by atoms with van der Waals surface area (Å²) in [4.78, 5) is 46.9. The van der Waals surface area contributed by atoms with Gasteiger partial charge in [-0.25, -0.2) is 0 Å². The van der Waals surface area contributed by atoms with Crippen LogP contribution in [0, 0.1) is 25.7 Å². The van der Waals surface area contributed by atoms with Crippen LogP contribution in [0.3, 0.4) is 0 Å². The SMILES string of the molecule is C=CCN(C)C(=O)[C@@H]1[C@H]2C(=O)N(CCCCO)C(C(=O)N(CC=C)c3c(C)cccc3C)C23CC[C@H]1O3. The first-order valence-corrected chi connectivity index (χ1v) is 13.2. The number of likely N-dealkylation sites (N-methyl/N-ethyl adjacent to an activating group) is 1. The Morgan fingerprint density at radius 3 is 2.46 bits per heavy atom. The van der Waals surface area contributed by atoms with Crippen LogP contribution < -0.4 is 4.90 Å². The van der Waals surface area contributed by atoms with E-state index in [1.165, 1.54) is 0 Å². The Kier molecular flexibility index (Phi) is 7.90. The largest absolute Gasteiger partial charge is 0.396 e. The number of aryl methyl sites for hydroxylation is 2. The smallest absolute Gasteiger partial charge is 0.253 e. The van der Waals surface area contributed by atoms with Crippen LogP contribution in [-0.2, 0) is 19.1 Å². The second-order valence-corrected chi connectivity index (χ2v) is 10.5. The first kappa shape index (κ1) is 27.1. The summed E-state index contributed by atoms with van der Waals surface area (Å²) in [6.07, 6.45) is 5.20. The third kappa shape index (κ3) is 4.40. The summed E-state index contributed by atoms with van der Waals surface area (Å²) in [5.74, 6) is -1.91. The summed E-state index contributed by atoms with van der Waals surface area (Å²) >= 11 is 0. The molecular weight excluding hydrogens is 470 g/mol. The van der Waals surface area contributed by atoms with Crippen LogP contribution in [-0.4, -0.2) is 83.7 Å². The van der Waals surface area contributed by atoms with Crippen molar-refractivity contribution < 1.29 is 24.2 Å². The average Bonchev–Trinajstić information content (AvgIpc) is 3.50. The van der Waals surface area contributed by atoms with Gasteiger partial charge in [-0.15, -0.1) is 13.2 Å². The van der Waals surface area contributed by atoms with Crippen molar-refractivity contribution in [2.45, 2.75) is 57.3 Å². The fourth-order valence-corrected chi connectivity index (χ4v) is 6.69. The average molecular weight is 510 g/mol. The van der Waals surface area contributed by atoms with Crippen molar-refractivity contribution in [1.29, 1.82) is 0 Å². The van der Waals surface area contributed by atoms with E-state index in [-0.39, 0.29) is 30.9 Å². The number of aliphatic hydroxyl groups is 1. The van der Waals surface area contributed by atoms with Gasteiger partial charge in [-0.1, -0.05) is 30.4 Å². The number of benzene rings is 1. The second-order valence-electron chi connectivity index (χ2n) is 10.5. The summed E-state index contributed by atoms with van der Waals surface area (Å²) < 4.78 is 6.55. The number of ether oxygens (including phenoxy) is 1. The van der Waals surface area contributed by atoms with Crippen LogP contribution in [0.2, 0.25) is 0 Å². The molecule has 1 aromatic carbocycles. The van der Waals surface area contributed by atoms with Gasteiger partial charge in [-0.05, 0) is 50.7 Å². The van der Waals surface area contributed by atoms with Gasteiger partial charge in [0, 0.05) is 39.0 Å². The fourth-order valence-electron chi connectivity index (χ4n) is 6.69. The van der Waals surface area contributed by atoms with Gasteiger partial charge in [0.2, 0.25) is 11.8 Å².